The SMILES string of the molecule is CC(=O)c1oc2c(c1N)CCCC2. The highest BCUT2D eigenvalue weighted by atomic mass is 16.3. The van der Waals surface area contributed by atoms with Gasteiger partial charge in [0.05, 0.1) is 5.69 Å². The van der Waals surface area contributed by atoms with E-state index in [1.54, 1.807) is 0 Å². The molecule has 3 nitrogen and oxygen atoms in total. The number of ketones is 1. The van der Waals surface area contributed by atoms with Crippen molar-refractivity contribution in [3.8, 4) is 0 Å². The lowest BCUT2D eigenvalue weighted by Crippen LogP contribution is -2.02. The van der Waals surface area contributed by atoms with Gasteiger partial charge in [-0.3, -0.25) is 4.79 Å². The highest BCUT2D eigenvalue weighted by Gasteiger charge is 2.22. The lowest BCUT2D eigenvalue weighted by molar-refractivity contribution is 0.0986. The van der Waals surface area contributed by atoms with Gasteiger partial charge in [-0.2, -0.15) is 0 Å². The molecule has 0 radical (unpaired) electrons. The van der Waals surface area contributed by atoms with Crippen LogP contribution in [0.1, 0.15) is 41.6 Å². The van der Waals surface area contributed by atoms with Crippen LogP contribution < -0.4 is 5.73 Å². The maximum atomic E-state index is 11.1. The van der Waals surface area contributed by atoms with Gasteiger partial charge in [0.25, 0.3) is 0 Å². The molecular formula is C10H13NO2. The zero-order valence-corrected chi connectivity index (χ0v) is 7.72. The van der Waals surface area contributed by atoms with E-state index in [1.165, 1.54) is 6.92 Å². The van der Waals surface area contributed by atoms with E-state index < -0.39 is 0 Å². The molecule has 1 aliphatic rings. The molecule has 2 rings (SSSR count). The van der Waals surface area contributed by atoms with Crippen LogP contribution in [-0.2, 0) is 12.8 Å². The summed E-state index contributed by atoms with van der Waals surface area (Å²) in [5, 5.41) is 0. The molecule has 1 heterocycles. The summed E-state index contributed by atoms with van der Waals surface area (Å²) in [6.45, 7) is 1.49. The molecule has 1 aromatic rings. The number of Topliss-reactive ketones (excluding diaryl/α,β-unsaturated/α-hetero) is 1. The van der Waals surface area contributed by atoms with Crippen molar-refractivity contribution < 1.29 is 9.21 Å². The number of anilines is 1. The van der Waals surface area contributed by atoms with Gasteiger partial charge in [-0.05, 0) is 19.3 Å². The van der Waals surface area contributed by atoms with Crippen LogP contribution in [0.4, 0.5) is 5.69 Å². The summed E-state index contributed by atoms with van der Waals surface area (Å²) >= 11 is 0. The van der Waals surface area contributed by atoms with Crippen LogP contribution in [0.2, 0.25) is 0 Å². The van der Waals surface area contributed by atoms with Gasteiger partial charge in [0, 0.05) is 18.9 Å². The van der Waals surface area contributed by atoms with Crippen LogP contribution in [-0.4, -0.2) is 5.78 Å². The van der Waals surface area contributed by atoms with E-state index in [-0.39, 0.29) is 5.78 Å². The average Bonchev–Trinajstić information content (AvgIpc) is 2.45. The van der Waals surface area contributed by atoms with Gasteiger partial charge in [-0.15, -0.1) is 0 Å². The van der Waals surface area contributed by atoms with E-state index in [0.717, 1.165) is 37.0 Å². The second-order valence-electron chi connectivity index (χ2n) is 3.51. The predicted octanol–water partition coefficient (Wildman–Crippen LogP) is 1.94. The van der Waals surface area contributed by atoms with Gasteiger partial charge in [0.1, 0.15) is 5.76 Å². The summed E-state index contributed by atoms with van der Waals surface area (Å²) in [4.78, 5) is 11.1. The highest BCUT2D eigenvalue weighted by molar-refractivity contribution is 5.97. The number of carbonyl (C=O) groups excluding carboxylic acids is 1. The third kappa shape index (κ3) is 1.24. The monoisotopic (exact) mass is 179 g/mol. The quantitative estimate of drug-likeness (QED) is 0.670. The van der Waals surface area contributed by atoms with Crippen molar-refractivity contribution in [2.45, 2.75) is 32.6 Å². The number of aryl methyl sites for hydroxylation is 1. The molecule has 1 aliphatic carbocycles. The fourth-order valence-electron chi connectivity index (χ4n) is 1.85. The van der Waals surface area contributed by atoms with E-state index >= 15 is 0 Å². The number of nitrogen functional groups attached to an aromatic ring is 1. The zero-order valence-electron chi connectivity index (χ0n) is 7.72. The Bertz CT molecular complexity index is 352. The van der Waals surface area contributed by atoms with Gasteiger partial charge in [-0.1, -0.05) is 0 Å². The van der Waals surface area contributed by atoms with Gasteiger partial charge in [-0.25, -0.2) is 0 Å². The van der Waals surface area contributed by atoms with Crippen molar-refractivity contribution in [2.24, 2.45) is 0 Å². The van der Waals surface area contributed by atoms with Crippen LogP contribution in [0.3, 0.4) is 0 Å². The highest BCUT2D eigenvalue weighted by Crippen LogP contribution is 2.31. The third-order valence-corrected chi connectivity index (χ3v) is 2.53. The van der Waals surface area contributed by atoms with E-state index in [4.69, 9.17) is 10.2 Å². The Labute approximate surface area is 76.9 Å². The maximum Gasteiger partial charge on any atom is 0.197 e. The Morgan fingerprint density at radius 2 is 2.08 bits per heavy atom. The molecule has 1 aromatic heterocycles. The maximum absolute atomic E-state index is 11.1. The molecule has 2 N–H and O–H groups in total. The minimum absolute atomic E-state index is 0.0769. The topological polar surface area (TPSA) is 56.2 Å². The van der Waals surface area contributed by atoms with Crippen molar-refractivity contribution in [3.05, 3.63) is 17.1 Å². The van der Waals surface area contributed by atoms with Gasteiger partial charge >= 0.3 is 0 Å². The molecular weight excluding hydrogens is 166 g/mol. The number of rotatable bonds is 1. The molecule has 0 bridgehead atoms. The molecule has 0 aliphatic heterocycles. The van der Waals surface area contributed by atoms with Crippen molar-refractivity contribution >= 4 is 11.5 Å². The second kappa shape index (κ2) is 2.91. The number of fused-ring (bicyclic) bond motifs is 1. The number of hydrogen-bond acceptors (Lipinski definition) is 3. The van der Waals surface area contributed by atoms with Crippen LogP contribution in [0.25, 0.3) is 0 Å². The second-order valence-corrected chi connectivity index (χ2v) is 3.51. The fraction of sp³-hybridized carbons (Fsp3) is 0.500. The lowest BCUT2D eigenvalue weighted by atomic mass is 9.97. The third-order valence-electron chi connectivity index (χ3n) is 2.53. The number of hydrogen-bond donors (Lipinski definition) is 1. The molecule has 0 saturated carbocycles. The Morgan fingerprint density at radius 1 is 1.38 bits per heavy atom. The van der Waals surface area contributed by atoms with Gasteiger partial charge in [0.15, 0.2) is 11.5 Å². The molecule has 0 spiro atoms. The van der Waals surface area contributed by atoms with Crippen LogP contribution in [0.5, 0.6) is 0 Å². The molecule has 0 aromatic carbocycles. The molecule has 0 saturated heterocycles. The zero-order chi connectivity index (χ0) is 9.42. The van der Waals surface area contributed by atoms with Crippen molar-refractivity contribution in [2.75, 3.05) is 5.73 Å². The average molecular weight is 179 g/mol. The van der Waals surface area contributed by atoms with E-state index in [1.807, 2.05) is 0 Å². The Morgan fingerprint density at radius 3 is 2.69 bits per heavy atom. The molecule has 0 unspecified atom stereocenters. The largest absolute Gasteiger partial charge is 0.455 e. The lowest BCUT2D eigenvalue weighted by Gasteiger charge is -2.08. The summed E-state index contributed by atoms with van der Waals surface area (Å²) in [7, 11) is 0. The summed E-state index contributed by atoms with van der Waals surface area (Å²) in [6.07, 6.45) is 4.16. The molecule has 3 heteroatoms. The first-order chi connectivity index (χ1) is 6.20. The first kappa shape index (κ1) is 8.35. The van der Waals surface area contributed by atoms with E-state index in [9.17, 15) is 4.79 Å². The summed E-state index contributed by atoms with van der Waals surface area (Å²) in [5.41, 5.74) is 7.45. The minimum Gasteiger partial charge on any atom is -0.455 e. The standard InChI is InChI=1S/C10H13NO2/c1-6(12)10-9(11)7-4-2-3-5-8(7)13-10/h2-5,11H2,1H3. The normalized spacial score (nSPS) is 15.5. The minimum atomic E-state index is -0.0769. The summed E-state index contributed by atoms with van der Waals surface area (Å²) in [5.74, 6) is 1.20. The molecule has 0 atom stereocenters. The van der Waals surface area contributed by atoms with Crippen LogP contribution >= 0.6 is 0 Å². The van der Waals surface area contributed by atoms with Gasteiger partial charge < -0.3 is 10.2 Å². The van der Waals surface area contributed by atoms with Crippen molar-refractivity contribution in [1.82, 2.24) is 0 Å². The Kier molecular flexibility index (Phi) is 1.87. The fourth-order valence-corrected chi connectivity index (χ4v) is 1.85. The Balaban J connectivity index is 2.50. The number of carbonyl (C=O) groups is 1. The number of furan rings is 1. The first-order valence-electron chi connectivity index (χ1n) is 4.61. The molecule has 0 amide bonds. The van der Waals surface area contributed by atoms with Crippen molar-refractivity contribution in [1.29, 1.82) is 0 Å². The first-order valence-corrected chi connectivity index (χ1v) is 4.61. The number of nitrogens with two attached hydrogens (primary N) is 1. The summed E-state index contributed by atoms with van der Waals surface area (Å²) in [6, 6.07) is 0. The summed E-state index contributed by atoms with van der Waals surface area (Å²) < 4.78 is 5.42. The van der Waals surface area contributed by atoms with Crippen molar-refractivity contribution in [3.63, 3.8) is 0 Å². The Hall–Kier alpha value is -1.25. The smallest absolute Gasteiger partial charge is 0.197 e. The van der Waals surface area contributed by atoms with Gasteiger partial charge in [0.2, 0.25) is 0 Å². The molecule has 70 valence electrons. The van der Waals surface area contributed by atoms with Crippen LogP contribution in [0.15, 0.2) is 4.42 Å². The van der Waals surface area contributed by atoms with E-state index in [2.05, 4.69) is 0 Å². The predicted molar refractivity (Wildman–Crippen MR) is 49.8 cm³/mol. The molecule has 13 heavy (non-hydrogen) atoms. The van der Waals surface area contributed by atoms with E-state index in [0.29, 0.717) is 11.4 Å². The van der Waals surface area contributed by atoms with Crippen LogP contribution in [0, 0.1) is 0 Å². The molecule has 0 fully saturated rings.